The molecule has 0 aliphatic carbocycles. The fourth-order valence-electron chi connectivity index (χ4n) is 2.03. The minimum Gasteiger partial charge on any atom is -0.380 e. The Morgan fingerprint density at radius 1 is 1.33 bits per heavy atom. The van der Waals surface area contributed by atoms with Gasteiger partial charge in [-0.05, 0) is 38.0 Å². The molecule has 2 rings (SSSR count). The topological polar surface area (TPSA) is 29.9 Å². The van der Waals surface area contributed by atoms with E-state index in [0.29, 0.717) is 6.04 Å². The van der Waals surface area contributed by atoms with Crippen molar-refractivity contribution in [3.05, 3.63) is 46.7 Å². The first kappa shape index (κ1) is 13.0. The minimum atomic E-state index is 0.356. The van der Waals surface area contributed by atoms with E-state index < -0.39 is 0 Å². The number of rotatable bonds is 4. The van der Waals surface area contributed by atoms with Crippen LogP contribution in [0, 0.1) is 6.92 Å². The highest BCUT2D eigenvalue weighted by Gasteiger charge is 2.07. The molecule has 0 aliphatic heterocycles. The van der Waals surface area contributed by atoms with E-state index in [4.69, 9.17) is 11.6 Å². The van der Waals surface area contributed by atoms with Crippen molar-refractivity contribution in [3.63, 3.8) is 0 Å². The van der Waals surface area contributed by atoms with Gasteiger partial charge in [-0.3, -0.25) is 4.68 Å². The van der Waals surface area contributed by atoms with Gasteiger partial charge in [0.1, 0.15) is 0 Å². The first-order valence-corrected chi connectivity index (χ1v) is 6.43. The van der Waals surface area contributed by atoms with Crippen LogP contribution in [0.1, 0.15) is 18.2 Å². The van der Waals surface area contributed by atoms with Gasteiger partial charge in [-0.1, -0.05) is 23.7 Å². The lowest BCUT2D eigenvalue weighted by Gasteiger charge is -2.14. The van der Waals surface area contributed by atoms with Gasteiger partial charge >= 0.3 is 0 Å². The van der Waals surface area contributed by atoms with Crippen molar-refractivity contribution in [1.29, 1.82) is 0 Å². The quantitative estimate of drug-likeness (QED) is 0.916. The highest BCUT2D eigenvalue weighted by atomic mass is 35.5. The molecule has 0 fully saturated rings. The maximum atomic E-state index is 5.87. The third kappa shape index (κ3) is 3.26. The molecule has 0 radical (unpaired) electrons. The highest BCUT2D eigenvalue weighted by Crippen LogP contribution is 2.16. The number of aromatic nitrogens is 2. The number of halogens is 1. The standard InChI is InChI=1S/C14H18ClN3/c1-10(8-12-4-6-13(15)7-5-12)16-14-9-18(3)17-11(14)2/h4-7,9-10,16H,8H2,1-3H3. The molecule has 1 N–H and O–H groups in total. The zero-order chi connectivity index (χ0) is 13.1. The van der Waals surface area contributed by atoms with Crippen molar-refractivity contribution in [3.8, 4) is 0 Å². The normalized spacial score (nSPS) is 12.4. The number of nitrogens with zero attached hydrogens (tertiary/aromatic N) is 2. The molecule has 0 bridgehead atoms. The van der Waals surface area contributed by atoms with Gasteiger partial charge in [0.2, 0.25) is 0 Å². The zero-order valence-corrected chi connectivity index (χ0v) is 11.7. The molecule has 0 aliphatic rings. The van der Waals surface area contributed by atoms with Crippen molar-refractivity contribution in [2.75, 3.05) is 5.32 Å². The Morgan fingerprint density at radius 3 is 2.56 bits per heavy atom. The van der Waals surface area contributed by atoms with E-state index >= 15 is 0 Å². The molecule has 1 heterocycles. The van der Waals surface area contributed by atoms with Gasteiger partial charge in [-0.2, -0.15) is 5.10 Å². The van der Waals surface area contributed by atoms with Crippen molar-refractivity contribution < 1.29 is 0 Å². The first-order valence-electron chi connectivity index (χ1n) is 6.06. The van der Waals surface area contributed by atoms with Gasteiger partial charge in [-0.15, -0.1) is 0 Å². The summed E-state index contributed by atoms with van der Waals surface area (Å²) >= 11 is 5.87. The zero-order valence-electron chi connectivity index (χ0n) is 10.9. The lowest BCUT2D eigenvalue weighted by atomic mass is 10.1. The molecular formula is C14H18ClN3. The summed E-state index contributed by atoms with van der Waals surface area (Å²) in [6.45, 7) is 4.18. The van der Waals surface area contributed by atoms with E-state index in [-0.39, 0.29) is 0 Å². The van der Waals surface area contributed by atoms with E-state index in [0.717, 1.165) is 22.8 Å². The first-order chi connectivity index (χ1) is 8.54. The second-order valence-electron chi connectivity index (χ2n) is 4.68. The van der Waals surface area contributed by atoms with Crippen LogP contribution in [0.4, 0.5) is 5.69 Å². The smallest absolute Gasteiger partial charge is 0.0825 e. The Bertz CT molecular complexity index is 516. The lowest BCUT2D eigenvalue weighted by Crippen LogP contribution is -2.18. The van der Waals surface area contributed by atoms with Gasteiger partial charge in [-0.25, -0.2) is 0 Å². The number of aryl methyl sites for hydroxylation is 2. The van der Waals surface area contributed by atoms with Gasteiger partial charge in [0, 0.05) is 24.3 Å². The Labute approximate surface area is 113 Å². The van der Waals surface area contributed by atoms with Crippen LogP contribution >= 0.6 is 11.6 Å². The van der Waals surface area contributed by atoms with Gasteiger partial charge in [0.25, 0.3) is 0 Å². The molecule has 0 amide bonds. The van der Waals surface area contributed by atoms with Gasteiger partial charge in [0.15, 0.2) is 0 Å². The fraction of sp³-hybridized carbons (Fsp3) is 0.357. The van der Waals surface area contributed by atoms with E-state index in [2.05, 4.69) is 29.5 Å². The summed E-state index contributed by atoms with van der Waals surface area (Å²) in [5.74, 6) is 0. The van der Waals surface area contributed by atoms with Crippen LogP contribution in [-0.2, 0) is 13.5 Å². The van der Waals surface area contributed by atoms with Crippen LogP contribution in [0.3, 0.4) is 0 Å². The molecule has 1 aromatic heterocycles. The number of hydrogen-bond acceptors (Lipinski definition) is 2. The SMILES string of the molecule is Cc1nn(C)cc1NC(C)Cc1ccc(Cl)cc1. The number of nitrogens with one attached hydrogen (secondary N) is 1. The van der Waals surface area contributed by atoms with Crippen LogP contribution in [0.25, 0.3) is 0 Å². The maximum Gasteiger partial charge on any atom is 0.0825 e. The Morgan fingerprint density at radius 2 is 2.00 bits per heavy atom. The number of hydrogen-bond donors (Lipinski definition) is 1. The van der Waals surface area contributed by atoms with Gasteiger partial charge in [0.05, 0.1) is 11.4 Å². The summed E-state index contributed by atoms with van der Waals surface area (Å²) in [5.41, 5.74) is 3.40. The molecule has 0 saturated carbocycles. The summed E-state index contributed by atoms with van der Waals surface area (Å²) < 4.78 is 1.83. The summed E-state index contributed by atoms with van der Waals surface area (Å²) in [4.78, 5) is 0. The number of anilines is 1. The van der Waals surface area contributed by atoms with Crippen LogP contribution in [0.15, 0.2) is 30.5 Å². The highest BCUT2D eigenvalue weighted by molar-refractivity contribution is 6.30. The summed E-state index contributed by atoms with van der Waals surface area (Å²) in [6.07, 6.45) is 2.97. The van der Waals surface area contributed by atoms with E-state index in [1.165, 1.54) is 5.56 Å². The van der Waals surface area contributed by atoms with E-state index in [1.807, 2.05) is 37.0 Å². The third-order valence-corrected chi connectivity index (χ3v) is 3.12. The second-order valence-corrected chi connectivity index (χ2v) is 5.11. The number of benzene rings is 1. The van der Waals surface area contributed by atoms with Gasteiger partial charge < -0.3 is 5.32 Å². The Kier molecular flexibility index (Phi) is 3.92. The van der Waals surface area contributed by atoms with E-state index in [1.54, 1.807) is 0 Å². The molecule has 18 heavy (non-hydrogen) atoms. The molecule has 0 spiro atoms. The van der Waals surface area contributed by atoms with Crippen LogP contribution < -0.4 is 5.32 Å². The Hall–Kier alpha value is -1.48. The average Bonchev–Trinajstić information content (AvgIpc) is 2.61. The monoisotopic (exact) mass is 263 g/mol. The van der Waals surface area contributed by atoms with Crippen LogP contribution in [-0.4, -0.2) is 15.8 Å². The van der Waals surface area contributed by atoms with Crippen LogP contribution in [0.2, 0.25) is 5.02 Å². The molecule has 1 unspecified atom stereocenters. The van der Waals surface area contributed by atoms with Crippen molar-refractivity contribution >= 4 is 17.3 Å². The van der Waals surface area contributed by atoms with E-state index in [9.17, 15) is 0 Å². The summed E-state index contributed by atoms with van der Waals surface area (Å²) in [6, 6.07) is 8.35. The second kappa shape index (κ2) is 5.44. The summed E-state index contributed by atoms with van der Waals surface area (Å²) in [5, 5.41) is 8.58. The molecule has 2 aromatic rings. The fourth-order valence-corrected chi connectivity index (χ4v) is 2.16. The van der Waals surface area contributed by atoms with Crippen molar-refractivity contribution in [2.45, 2.75) is 26.3 Å². The Balaban J connectivity index is 1.98. The molecule has 0 saturated heterocycles. The molecule has 96 valence electrons. The minimum absolute atomic E-state index is 0.356. The average molecular weight is 264 g/mol. The molecule has 4 heteroatoms. The molecular weight excluding hydrogens is 246 g/mol. The maximum absolute atomic E-state index is 5.87. The predicted octanol–water partition coefficient (Wildman–Crippen LogP) is 3.43. The predicted molar refractivity (Wildman–Crippen MR) is 76.2 cm³/mol. The summed E-state index contributed by atoms with van der Waals surface area (Å²) in [7, 11) is 1.93. The third-order valence-electron chi connectivity index (χ3n) is 2.87. The largest absolute Gasteiger partial charge is 0.380 e. The van der Waals surface area contributed by atoms with Crippen LogP contribution in [0.5, 0.6) is 0 Å². The van der Waals surface area contributed by atoms with Crippen molar-refractivity contribution in [1.82, 2.24) is 9.78 Å². The molecule has 1 atom stereocenters. The molecule has 3 nitrogen and oxygen atoms in total. The van der Waals surface area contributed by atoms with Crippen molar-refractivity contribution in [2.24, 2.45) is 7.05 Å². The molecule has 1 aromatic carbocycles. The lowest BCUT2D eigenvalue weighted by molar-refractivity contribution is 0.756.